The van der Waals surface area contributed by atoms with Crippen molar-refractivity contribution in [2.45, 2.75) is 51.9 Å². The number of pyridine rings is 1. The van der Waals surface area contributed by atoms with Crippen LogP contribution in [0.4, 0.5) is 0 Å². The third-order valence-electron chi connectivity index (χ3n) is 4.00. The van der Waals surface area contributed by atoms with Gasteiger partial charge in [0.05, 0.1) is 24.0 Å². The number of nitrogens with zero attached hydrogens (tertiary/aromatic N) is 1. The first-order valence-corrected chi connectivity index (χ1v) is 7.21. The molecule has 116 valence electrons. The molecule has 1 unspecified atom stereocenters. The molecule has 0 saturated carbocycles. The van der Waals surface area contributed by atoms with Crippen LogP contribution in [0.5, 0.6) is 5.75 Å². The van der Waals surface area contributed by atoms with Gasteiger partial charge in [-0.15, -0.1) is 0 Å². The highest BCUT2D eigenvalue weighted by atomic mass is 16.7. The molecule has 1 aromatic heterocycles. The monoisotopic (exact) mass is 293 g/mol. The zero-order valence-corrected chi connectivity index (χ0v) is 13.7. The number of aromatic nitrogens is 1. The molecule has 21 heavy (non-hydrogen) atoms. The van der Waals surface area contributed by atoms with Gasteiger partial charge in [0.2, 0.25) is 0 Å². The maximum atomic E-state index is 6.02. The molecule has 0 aromatic carbocycles. The van der Waals surface area contributed by atoms with E-state index in [1.807, 2.05) is 40.7 Å². The smallest absolute Gasteiger partial charge is 0.487 e. The van der Waals surface area contributed by atoms with E-state index in [0.29, 0.717) is 12.4 Å². The van der Waals surface area contributed by atoms with Crippen LogP contribution in [0.25, 0.3) is 0 Å². The molecule has 2 rings (SSSR count). The van der Waals surface area contributed by atoms with Crippen LogP contribution in [0.3, 0.4) is 0 Å². The fraction of sp³-hybridized carbons (Fsp3) is 0.667. The van der Waals surface area contributed by atoms with Gasteiger partial charge in [0.15, 0.2) is 0 Å². The molecule has 2 heterocycles. The van der Waals surface area contributed by atoms with E-state index in [0.717, 1.165) is 5.46 Å². The Bertz CT molecular complexity index is 476. The van der Waals surface area contributed by atoms with Crippen LogP contribution in [-0.4, -0.2) is 43.1 Å². The predicted octanol–water partition coefficient (Wildman–Crippen LogP) is 1.79. The zero-order chi connectivity index (χ0) is 15.7. The fourth-order valence-corrected chi connectivity index (χ4v) is 2.11. The third-order valence-corrected chi connectivity index (χ3v) is 4.00. The lowest BCUT2D eigenvalue weighted by Gasteiger charge is -2.32. The topological polar surface area (TPSA) is 49.8 Å². The number of methoxy groups -OCH3 is 1. The van der Waals surface area contributed by atoms with Crippen LogP contribution in [0.2, 0.25) is 0 Å². The summed E-state index contributed by atoms with van der Waals surface area (Å²) < 4.78 is 22.9. The second kappa shape index (κ2) is 5.95. The summed E-state index contributed by atoms with van der Waals surface area (Å²) in [5.74, 6) is 0.687. The molecule has 1 aliphatic heterocycles. The molecule has 1 atom stereocenters. The Hall–Kier alpha value is -1.11. The summed E-state index contributed by atoms with van der Waals surface area (Å²) in [6.45, 7) is 10.6. The van der Waals surface area contributed by atoms with E-state index < -0.39 is 7.12 Å². The Labute approximate surface area is 127 Å². The molecule has 0 spiro atoms. The lowest BCUT2D eigenvalue weighted by atomic mass is 9.80. The van der Waals surface area contributed by atoms with Gasteiger partial charge in [0.1, 0.15) is 11.9 Å². The van der Waals surface area contributed by atoms with Gasteiger partial charge < -0.3 is 18.8 Å². The van der Waals surface area contributed by atoms with Crippen molar-refractivity contribution in [3.05, 3.63) is 18.5 Å². The van der Waals surface area contributed by atoms with Crippen molar-refractivity contribution in [3.8, 4) is 5.75 Å². The van der Waals surface area contributed by atoms with Crippen LogP contribution in [-0.2, 0) is 14.0 Å². The molecule has 0 bridgehead atoms. The van der Waals surface area contributed by atoms with E-state index >= 15 is 0 Å². The Morgan fingerprint density at radius 2 is 1.81 bits per heavy atom. The van der Waals surface area contributed by atoms with Crippen molar-refractivity contribution in [1.82, 2.24) is 4.98 Å². The van der Waals surface area contributed by atoms with Gasteiger partial charge in [-0.2, -0.15) is 0 Å². The molecule has 1 fully saturated rings. The summed E-state index contributed by atoms with van der Waals surface area (Å²) in [4.78, 5) is 4.21. The van der Waals surface area contributed by atoms with Crippen molar-refractivity contribution >= 4 is 12.6 Å². The normalized spacial score (nSPS) is 21.3. The summed E-state index contributed by atoms with van der Waals surface area (Å²) in [7, 11) is 1.22. The van der Waals surface area contributed by atoms with Gasteiger partial charge in [0, 0.05) is 18.8 Å². The molecule has 0 aliphatic carbocycles. The van der Waals surface area contributed by atoms with E-state index in [9.17, 15) is 0 Å². The van der Waals surface area contributed by atoms with Gasteiger partial charge in [-0.25, -0.2) is 0 Å². The molecule has 6 heteroatoms. The Morgan fingerprint density at radius 1 is 1.19 bits per heavy atom. The van der Waals surface area contributed by atoms with Gasteiger partial charge in [-0.1, -0.05) is 0 Å². The van der Waals surface area contributed by atoms with Gasteiger partial charge in [-0.05, 0) is 40.7 Å². The van der Waals surface area contributed by atoms with Crippen LogP contribution in [0, 0.1) is 0 Å². The Morgan fingerprint density at radius 3 is 2.38 bits per heavy atom. The SMILES string of the molecule is COCC(C)Oc1cncc(B2OC(C)(C)C(C)(C)O2)c1. The van der Waals surface area contributed by atoms with Crippen molar-refractivity contribution < 1.29 is 18.8 Å². The van der Waals surface area contributed by atoms with Gasteiger partial charge in [-0.3, -0.25) is 4.98 Å². The van der Waals surface area contributed by atoms with E-state index in [4.69, 9.17) is 18.8 Å². The minimum absolute atomic E-state index is 0.0367. The van der Waals surface area contributed by atoms with Crippen molar-refractivity contribution in [1.29, 1.82) is 0 Å². The average molecular weight is 293 g/mol. The van der Waals surface area contributed by atoms with Crippen LogP contribution in [0.1, 0.15) is 34.6 Å². The summed E-state index contributed by atoms with van der Waals surface area (Å²) in [5, 5.41) is 0. The molecule has 0 N–H and O–H groups in total. The van der Waals surface area contributed by atoms with E-state index in [1.165, 1.54) is 0 Å². The standard InChI is InChI=1S/C15H24BNO4/c1-11(10-18-6)19-13-7-12(8-17-9-13)16-20-14(2,3)15(4,5)21-16/h7-9,11H,10H2,1-6H3. The highest BCUT2D eigenvalue weighted by molar-refractivity contribution is 6.62. The Kier molecular flexibility index (Phi) is 4.61. The molecule has 5 nitrogen and oxygen atoms in total. The highest BCUT2D eigenvalue weighted by Gasteiger charge is 2.51. The number of hydrogen-bond acceptors (Lipinski definition) is 5. The number of rotatable bonds is 5. The molecule has 1 saturated heterocycles. The predicted molar refractivity (Wildman–Crippen MR) is 81.9 cm³/mol. The van der Waals surface area contributed by atoms with E-state index in [-0.39, 0.29) is 17.3 Å². The summed E-state index contributed by atoms with van der Waals surface area (Å²) in [6.07, 6.45) is 3.39. The van der Waals surface area contributed by atoms with Gasteiger partial charge >= 0.3 is 7.12 Å². The molecular formula is C15H24BNO4. The second-order valence-corrected chi connectivity index (χ2v) is 6.43. The van der Waals surface area contributed by atoms with E-state index in [1.54, 1.807) is 19.5 Å². The van der Waals surface area contributed by atoms with Crippen molar-refractivity contribution in [2.24, 2.45) is 0 Å². The second-order valence-electron chi connectivity index (χ2n) is 6.43. The quantitative estimate of drug-likeness (QED) is 0.775. The Balaban J connectivity index is 2.12. The summed E-state index contributed by atoms with van der Waals surface area (Å²) >= 11 is 0. The minimum Gasteiger partial charge on any atom is -0.487 e. The lowest BCUT2D eigenvalue weighted by Crippen LogP contribution is -2.41. The largest absolute Gasteiger partial charge is 0.496 e. The number of hydrogen-bond donors (Lipinski definition) is 0. The van der Waals surface area contributed by atoms with Crippen LogP contribution >= 0.6 is 0 Å². The van der Waals surface area contributed by atoms with E-state index in [2.05, 4.69) is 4.98 Å². The molecule has 0 amide bonds. The minimum atomic E-state index is -0.427. The van der Waals surface area contributed by atoms with Crippen molar-refractivity contribution in [3.63, 3.8) is 0 Å². The van der Waals surface area contributed by atoms with Crippen molar-refractivity contribution in [2.75, 3.05) is 13.7 Å². The molecule has 1 aromatic rings. The fourth-order valence-electron chi connectivity index (χ4n) is 2.11. The first-order valence-electron chi connectivity index (χ1n) is 7.21. The number of ether oxygens (including phenoxy) is 2. The first-order chi connectivity index (χ1) is 9.75. The van der Waals surface area contributed by atoms with Gasteiger partial charge in [0.25, 0.3) is 0 Å². The molecule has 1 aliphatic rings. The maximum Gasteiger partial charge on any atom is 0.496 e. The first kappa shape index (κ1) is 16.3. The lowest BCUT2D eigenvalue weighted by molar-refractivity contribution is 0.00578. The summed E-state index contributed by atoms with van der Waals surface area (Å²) in [6, 6.07) is 1.90. The highest BCUT2D eigenvalue weighted by Crippen LogP contribution is 2.36. The van der Waals surface area contributed by atoms with Crippen LogP contribution in [0.15, 0.2) is 18.5 Å². The maximum absolute atomic E-state index is 6.02. The average Bonchev–Trinajstić information content (AvgIpc) is 2.59. The summed E-state index contributed by atoms with van der Waals surface area (Å²) in [5.41, 5.74) is 0.131. The van der Waals surface area contributed by atoms with Crippen LogP contribution < -0.4 is 10.2 Å². The third kappa shape index (κ3) is 3.57. The molecule has 0 radical (unpaired) electrons. The molecular weight excluding hydrogens is 269 g/mol. The zero-order valence-electron chi connectivity index (χ0n) is 13.7.